The Balaban J connectivity index is 1.65. The maximum atomic E-state index is 12.1. The fourth-order valence-corrected chi connectivity index (χ4v) is 2.20. The van der Waals surface area contributed by atoms with Crippen LogP contribution in [0.4, 0.5) is 0 Å². The lowest BCUT2D eigenvalue weighted by atomic mass is 10.1. The molecule has 0 fully saturated rings. The van der Waals surface area contributed by atoms with E-state index in [0.717, 1.165) is 11.1 Å². The Labute approximate surface area is 131 Å². The number of nitrogens with zero attached hydrogens (tertiary/aromatic N) is 3. The van der Waals surface area contributed by atoms with Crippen molar-refractivity contribution < 1.29 is 4.79 Å². The van der Waals surface area contributed by atoms with E-state index in [1.807, 2.05) is 18.2 Å². The molecule has 0 unspecified atom stereocenters. The third kappa shape index (κ3) is 3.29. The molecule has 3 aromatic rings. The van der Waals surface area contributed by atoms with E-state index in [0.29, 0.717) is 23.0 Å². The highest BCUT2D eigenvalue weighted by Crippen LogP contribution is 2.14. The van der Waals surface area contributed by atoms with Gasteiger partial charge in [0.1, 0.15) is 0 Å². The number of hydrogen-bond acceptors (Lipinski definition) is 4. The van der Waals surface area contributed by atoms with Crippen molar-refractivity contribution in [3.05, 3.63) is 64.7 Å². The quantitative estimate of drug-likeness (QED) is 0.775. The number of benzene rings is 2. The summed E-state index contributed by atoms with van der Waals surface area (Å²) in [4.78, 5) is 12.1. The second-order valence-electron chi connectivity index (χ2n) is 4.63. The second kappa shape index (κ2) is 6.36. The van der Waals surface area contributed by atoms with Crippen molar-refractivity contribution >= 4 is 17.5 Å². The molecule has 1 aromatic heterocycles. The standard InChI is InChI=1S/C15H12ClN5O/c16-13-3-1-2-10(8-13)9-17-15(22)12-6-4-11(5-7-12)14-18-20-21-19-14/h1-8H,9H2,(H,17,22)(H,18,19,20,21). The largest absolute Gasteiger partial charge is 0.348 e. The Morgan fingerprint density at radius 1 is 1.18 bits per heavy atom. The first kappa shape index (κ1) is 14.2. The van der Waals surface area contributed by atoms with E-state index in [4.69, 9.17) is 11.6 Å². The zero-order valence-corrected chi connectivity index (χ0v) is 12.2. The van der Waals surface area contributed by atoms with Crippen LogP contribution in [0.5, 0.6) is 0 Å². The van der Waals surface area contributed by atoms with Gasteiger partial charge in [-0.15, -0.1) is 10.2 Å². The molecule has 0 saturated heterocycles. The summed E-state index contributed by atoms with van der Waals surface area (Å²) in [6.07, 6.45) is 0. The van der Waals surface area contributed by atoms with Crippen LogP contribution in [-0.2, 0) is 6.54 Å². The lowest BCUT2D eigenvalue weighted by Crippen LogP contribution is -2.22. The molecule has 0 aliphatic carbocycles. The number of carbonyl (C=O) groups excluding carboxylic acids is 1. The smallest absolute Gasteiger partial charge is 0.251 e. The third-order valence-corrected chi connectivity index (χ3v) is 3.33. The molecule has 0 aliphatic heterocycles. The summed E-state index contributed by atoms with van der Waals surface area (Å²) >= 11 is 5.91. The maximum Gasteiger partial charge on any atom is 0.251 e. The minimum absolute atomic E-state index is 0.153. The van der Waals surface area contributed by atoms with Crippen molar-refractivity contribution in [1.82, 2.24) is 25.9 Å². The van der Waals surface area contributed by atoms with Gasteiger partial charge < -0.3 is 5.32 Å². The Morgan fingerprint density at radius 3 is 2.68 bits per heavy atom. The van der Waals surface area contributed by atoms with Gasteiger partial charge in [-0.25, -0.2) is 0 Å². The van der Waals surface area contributed by atoms with E-state index in [-0.39, 0.29) is 5.91 Å². The maximum absolute atomic E-state index is 12.1. The zero-order chi connectivity index (χ0) is 15.4. The van der Waals surface area contributed by atoms with Gasteiger partial charge in [0.25, 0.3) is 5.91 Å². The Bertz CT molecular complexity index is 771. The van der Waals surface area contributed by atoms with Crippen LogP contribution in [0.3, 0.4) is 0 Å². The van der Waals surface area contributed by atoms with E-state index < -0.39 is 0 Å². The molecule has 1 amide bonds. The molecule has 2 aromatic carbocycles. The van der Waals surface area contributed by atoms with Crippen LogP contribution in [0.25, 0.3) is 11.4 Å². The van der Waals surface area contributed by atoms with Crippen molar-refractivity contribution in [1.29, 1.82) is 0 Å². The predicted molar refractivity (Wildman–Crippen MR) is 82.2 cm³/mol. The van der Waals surface area contributed by atoms with E-state index in [1.165, 1.54) is 0 Å². The molecule has 3 rings (SSSR count). The molecule has 0 saturated carbocycles. The highest BCUT2D eigenvalue weighted by Gasteiger charge is 2.07. The van der Waals surface area contributed by atoms with E-state index in [1.54, 1.807) is 30.3 Å². The zero-order valence-electron chi connectivity index (χ0n) is 11.5. The molecule has 1 heterocycles. The van der Waals surface area contributed by atoms with Crippen LogP contribution in [-0.4, -0.2) is 26.5 Å². The van der Waals surface area contributed by atoms with Crippen LogP contribution in [0.15, 0.2) is 48.5 Å². The molecular formula is C15H12ClN5O. The van der Waals surface area contributed by atoms with Gasteiger partial charge >= 0.3 is 0 Å². The Hall–Kier alpha value is -2.73. The number of hydrogen-bond donors (Lipinski definition) is 2. The van der Waals surface area contributed by atoms with Gasteiger partial charge in [-0.3, -0.25) is 4.79 Å². The van der Waals surface area contributed by atoms with Gasteiger partial charge in [-0.1, -0.05) is 35.9 Å². The fourth-order valence-electron chi connectivity index (χ4n) is 1.99. The van der Waals surface area contributed by atoms with Gasteiger partial charge in [-0.2, -0.15) is 5.21 Å². The van der Waals surface area contributed by atoms with Gasteiger partial charge in [0.15, 0.2) is 0 Å². The number of carbonyl (C=O) groups is 1. The summed E-state index contributed by atoms with van der Waals surface area (Å²) in [6.45, 7) is 0.423. The number of nitrogens with one attached hydrogen (secondary N) is 2. The molecule has 110 valence electrons. The van der Waals surface area contributed by atoms with Crippen LogP contribution >= 0.6 is 11.6 Å². The summed E-state index contributed by atoms with van der Waals surface area (Å²) in [5.41, 5.74) is 2.30. The minimum atomic E-state index is -0.153. The van der Waals surface area contributed by atoms with E-state index >= 15 is 0 Å². The van der Waals surface area contributed by atoms with E-state index in [9.17, 15) is 4.79 Å². The lowest BCUT2D eigenvalue weighted by Gasteiger charge is -2.06. The number of rotatable bonds is 4. The Morgan fingerprint density at radius 2 is 2.00 bits per heavy atom. The number of aromatic amines is 1. The first-order valence-corrected chi connectivity index (χ1v) is 6.97. The molecule has 0 bridgehead atoms. The number of aromatic nitrogens is 4. The summed E-state index contributed by atoms with van der Waals surface area (Å²) in [5, 5.41) is 17.2. The molecule has 22 heavy (non-hydrogen) atoms. The van der Waals surface area contributed by atoms with Crippen molar-refractivity contribution in [3.63, 3.8) is 0 Å². The molecule has 0 aliphatic rings. The van der Waals surface area contributed by atoms with Gasteiger partial charge in [0, 0.05) is 22.7 Å². The molecule has 7 heteroatoms. The summed E-state index contributed by atoms with van der Waals surface area (Å²) in [5.74, 6) is 0.338. The monoisotopic (exact) mass is 313 g/mol. The Kier molecular flexibility index (Phi) is 4.11. The normalized spacial score (nSPS) is 10.4. The fraction of sp³-hybridized carbons (Fsp3) is 0.0667. The molecule has 0 radical (unpaired) electrons. The lowest BCUT2D eigenvalue weighted by molar-refractivity contribution is 0.0951. The van der Waals surface area contributed by atoms with Crippen molar-refractivity contribution in [3.8, 4) is 11.4 Å². The third-order valence-electron chi connectivity index (χ3n) is 3.09. The molecule has 0 spiro atoms. The van der Waals surface area contributed by atoms with Gasteiger partial charge in [0.2, 0.25) is 5.82 Å². The minimum Gasteiger partial charge on any atom is -0.348 e. The molecule has 2 N–H and O–H groups in total. The predicted octanol–water partition coefficient (Wildman–Crippen LogP) is 2.45. The topological polar surface area (TPSA) is 83.6 Å². The van der Waals surface area contributed by atoms with Crippen molar-refractivity contribution in [2.24, 2.45) is 0 Å². The van der Waals surface area contributed by atoms with E-state index in [2.05, 4.69) is 25.9 Å². The first-order chi connectivity index (χ1) is 10.7. The van der Waals surface area contributed by atoms with Crippen LogP contribution in [0.1, 0.15) is 15.9 Å². The second-order valence-corrected chi connectivity index (χ2v) is 5.06. The first-order valence-electron chi connectivity index (χ1n) is 6.59. The average molecular weight is 314 g/mol. The van der Waals surface area contributed by atoms with Crippen molar-refractivity contribution in [2.75, 3.05) is 0 Å². The van der Waals surface area contributed by atoms with Gasteiger partial charge in [0.05, 0.1) is 0 Å². The number of tetrazole rings is 1. The van der Waals surface area contributed by atoms with Crippen LogP contribution in [0.2, 0.25) is 5.02 Å². The highest BCUT2D eigenvalue weighted by molar-refractivity contribution is 6.30. The molecule has 0 atom stereocenters. The molecule has 6 nitrogen and oxygen atoms in total. The van der Waals surface area contributed by atoms with Crippen LogP contribution < -0.4 is 5.32 Å². The van der Waals surface area contributed by atoms with Gasteiger partial charge in [-0.05, 0) is 35.0 Å². The summed E-state index contributed by atoms with van der Waals surface area (Å²) in [7, 11) is 0. The number of amides is 1. The van der Waals surface area contributed by atoms with Crippen molar-refractivity contribution in [2.45, 2.75) is 6.54 Å². The highest BCUT2D eigenvalue weighted by atomic mass is 35.5. The average Bonchev–Trinajstić information content (AvgIpc) is 3.07. The summed E-state index contributed by atoms with van der Waals surface area (Å²) in [6, 6.07) is 14.4. The SMILES string of the molecule is O=C(NCc1cccc(Cl)c1)c1ccc(-c2nn[nH]n2)cc1. The molecular weight excluding hydrogens is 302 g/mol. The van der Waals surface area contributed by atoms with Crippen LogP contribution in [0, 0.1) is 0 Å². The summed E-state index contributed by atoms with van der Waals surface area (Å²) < 4.78 is 0. The number of H-pyrrole nitrogens is 1. The number of halogens is 1.